The summed E-state index contributed by atoms with van der Waals surface area (Å²) in [6.45, 7) is -0.360. The van der Waals surface area contributed by atoms with Crippen LogP contribution in [0.1, 0.15) is 43.0 Å². The third-order valence-corrected chi connectivity index (χ3v) is 8.97. The lowest BCUT2D eigenvalue weighted by atomic mass is 10.0. The largest absolute Gasteiger partial charge is 0.487 e. The Morgan fingerprint density at radius 3 is 1.26 bits per heavy atom. The van der Waals surface area contributed by atoms with E-state index in [2.05, 4.69) is 0 Å². The number of carbonyl (C=O) groups is 2. The zero-order valence-corrected chi connectivity index (χ0v) is 26.1. The molecule has 0 aromatic heterocycles. The number of hydrogen-bond acceptors (Lipinski definition) is 8. The van der Waals surface area contributed by atoms with E-state index in [0.29, 0.717) is 33.4 Å². The lowest BCUT2D eigenvalue weighted by Crippen LogP contribution is -2.09. The molecule has 0 amide bonds. The maximum Gasteiger partial charge on any atom is 0.298 e. The van der Waals surface area contributed by atoms with Gasteiger partial charge < -0.3 is 9.47 Å². The number of carbonyl (C=O) groups excluding carboxylic acids is 2. The molecule has 46 heavy (non-hydrogen) atoms. The molecular formula is C35H28O9S2. The molecule has 0 atom stereocenters. The predicted molar refractivity (Wildman–Crippen MR) is 171 cm³/mol. The molecule has 11 heteroatoms. The van der Waals surface area contributed by atoms with Crippen molar-refractivity contribution in [3.05, 3.63) is 155 Å². The van der Waals surface area contributed by atoms with Crippen LogP contribution >= 0.6 is 0 Å². The van der Waals surface area contributed by atoms with Crippen molar-refractivity contribution in [2.45, 2.75) is 23.0 Å². The Bertz CT molecular complexity index is 1940. The van der Waals surface area contributed by atoms with Gasteiger partial charge >= 0.3 is 0 Å². The van der Waals surface area contributed by atoms with Gasteiger partial charge in [-0.05, 0) is 11.1 Å². The van der Waals surface area contributed by atoms with Gasteiger partial charge in [0.2, 0.25) is 0 Å². The predicted octanol–water partition coefficient (Wildman–Crippen LogP) is 5.96. The lowest BCUT2D eigenvalue weighted by Gasteiger charge is -2.16. The summed E-state index contributed by atoms with van der Waals surface area (Å²) < 4.78 is 71.5. The molecular weight excluding hydrogens is 629 g/mol. The van der Waals surface area contributed by atoms with Gasteiger partial charge in [0.25, 0.3) is 10.1 Å². The zero-order valence-electron chi connectivity index (χ0n) is 24.5. The summed E-state index contributed by atoms with van der Waals surface area (Å²) in [5.74, 6) is -1.05. The first-order chi connectivity index (χ1) is 21.9. The fourth-order valence-electron chi connectivity index (χ4n) is 4.58. The summed E-state index contributed by atoms with van der Waals surface area (Å²) in [4.78, 5) is 24.3. The normalized spacial score (nSPS) is 11.5. The smallest absolute Gasteiger partial charge is 0.298 e. The number of ether oxygens (including phenoxy) is 2. The number of rotatable bonds is 12. The number of ketones is 2. The van der Waals surface area contributed by atoms with Gasteiger partial charge in [0.1, 0.15) is 34.5 Å². The summed E-state index contributed by atoms with van der Waals surface area (Å²) in [6, 6.07) is 32.3. The van der Waals surface area contributed by atoms with Crippen LogP contribution in [0.5, 0.6) is 11.5 Å². The quantitative estimate of drug-likeness (QED) is 0.127. The average Bonchev–Trinajstić information content (AvgIpc) is 3.06. The molecule has 5 aromatic carbocycles. The Morgan fingerprint density at radius 1 is 0.543 bits per heavy atom. The van der Waals surface area contributed by atoms with Crippen molar-refractivity contribution in [3.8, 4) is 11.5 Å². The summed E-state index contributed by atoms with van der Waals surface area (Å²) in [7, 11) is -8.84. The summed E-state index contributed by atoms with van der Waals surface area (Å²) >= 11 is 0. The Hall–Kier alpha value is -5.10. The summed E-state index contributed by atoms with van der Waals surface area (Å²) in [6.07, 6.45) is 0.929. The molecule has 5 aromatic rings. The van der Waals surface area contributed by atoms with Crippen molar-refractivity contribution in [3.63, 3.8) is 0 Å². The van der Waals surface area contributed by atoms with Crippen LogP contribution in [0.25, 0.3) is 0 Å². The van der Waals surface area contributed by atoms with Crippen molar-refractivity contribution in [2.24, 2.45) is 0 Å². The second-order valence-electron chi connectivity index (χ2n) is 10.4. The van der Waals surface area contributed by atoms with Gasteiger partial charge in [-0.1, -0.05) is 109 Å². The van der Waals surface area contributed by atoms with E-state index in [-0.39, 0.29) is 35.4 Å². The molecule has 0 saturated carbocycles. The van der Waals surface area contributed by atoms with E-state index in [9.17, 15) is 31.0 Å². The molecule has 0 heterocycles. The molecule has 9 nitrogen and oxygen atoms in total. The first-order valence-electron chi connectivity index (χ1n) is 13.9. The highest BCUT2D eigenvalue weighted by atomic mass is 32.2. The average molecular weight is 657 g/mol. The highest BCUT2D eigenvalue weighted by Gasteiger charge is 2.25. The van der Waals surface area contributed by atoms with Gasteiger partial charge in [-0.2, -0.15) is 8.42 Å². The molecule has 0 bridgehead atoms. The van der Waals surface area contributed by atoms with Crippen LogP contribution in [0.3, 0.4) is 0 Å². The topological polar surface area (TPSA) is 141 Å². The number of benzene rings is 5. The zero-order chi connectivity index (χ0) is 32.9. The molecule has 0 fully saturated rings. The van der Waals surface area contributed by atoms with E-state index in [1.807, 2.05) is 12.1 Å². The molecule has 0 aliphatic rings. The molecule has 1 N–H and O–H groups in total. The fraction of sp³-hybridized carbons (Fsp3) is 0.0857. The van der Waals surface area contributed by atoms with E-state index in [1.54, 1.807) is 97.1 Å². The number of hydrogen-bond donors (Lipinski definition) is 1. The summed E-state index contributed by atoms with van der Waals surface area (Å²) in [5.41, 5.74) is 3.06. The molecule has 5 rings (SSSR count). The van der Waals surface area contributed by atoms with E-state index in [4.69, 9.17) is 9.47 Å². The van der Waals surface area contributed by atoms with Crippen molar-refractivity contribution < 1.29 is 40.5 Å². The van der Waals surface area contributed by atoms with Gasteiger partial charge in [0, 0.05) is 40.6 Å². The fourth-order valence-corrected chi connectivity index (χ4v) is 6.01. The minimum atomic E-state index is -4.88. The Kier molecular flexibility index (Phi) is 9.47. The van der Waals surface area contributed by atoms with Crippen LogP contribution in [0.15, 0.2) is 131 Å². The SMILES string of the molecule is CS(=O)(=O)c1cc(OCc2ccc(C(=O)c3ccccc3)cc2)c(S(=O)(=O)O)cc1OCc1ccc(C(=O)c2ccccc2)cc1. The Balaban J connectivity index is 1.35. The van der Waals surface area contributed by atoms with Crippen molar-refractivity contribution >= 4 is 31.5 Å². The molecule has 0 radical (unpaired) electrons. The maximum absolute atomic E-state index is 12.7. The molecule has 234 valence electrons. The van der Waals surface area contributed by atoms with Crippen LogP contribution in [0.4, 0.5) is 0 Å². The minimum Gasteiger partial charge on any atom is -0.487 e. The van der Waals surface area contributed by atoms with Gasteiger partial charge in [-0.3, -0.25) is 14.1 Å². The molecule has 0 aliphatic carbocycles. The van der Waals surface area contributed by atoms with Gasteiger partial charge in [0.15, 0.2) is 21.4 Å². The maximum atomic E-state index is 12.7. The highest BCUT2D eigenvalue weighted by Crippen LogP contribution is 2.36. The van der Waals surface area contributed by atoms with Crippen LogP contribution in [0.2, 0.25) is 0 Å². The van der Waals surface area contributed by atoms with E-state index in [1.165, 1.54) is 0 Å². The molecule has 0 aliphatic heterocycles. The second-order valence-corrected chi connectivity index (χ2v) is 13.7. The van der Waals surface area contributed by atoms with Crippen molar-refractivity contribution in [1.29, 1.82) is 0 Å². The molecule has 0 spiro atoms. The monoisotopic (exact) mass is 656 g/mol. The summed E-state index contributed by atoms with van der Waals surface area (Å²) in [5, 5.41) is 0. The lowest BCUT2D eigenvalue weighted by molar-refractivity contribution is 0.103. The first-order valence-corrected chi connectivity index (χ1v) is 17.2. The minimum absolute atomic E-state index is 0.165. The van der Waals surface area contributed by atoms with E-state index < -0.39 is 30.6 Å². The van der Waals surface area contributed by atoms with Crippen LogP contribution in [0, 0.1) is 0 Å². The number of sulfone groups is 1. The second kappa shape index (κ2) is 13.5. The van der Waals surface area contributed by atoms with Crippen LogP contribution in [-0.4, -0.2) is 39.2 Å². The van der Waals surface area contributed by atoms with Gasteiger partial charge in [-0.25, -0.2) is 8.42 Å². The first kappa shape index (κ1) is 32.3. The van der Waals surface area contributed by atoms with Gasteiger partial charge in [-0.15, -0.1) is 0 Å². The molecule has 0 saturated heterocycles. The van der Waals surface area contributed by atoms with Crippen LogP contribution in [-0.2, 0) is 33.2 Å². The van der Waals surface area contributed by atoms with E-state index in [0.717, 1.165) is 18.4 Å². The van der Waals surface area contributed by atoms with Crippen molar-refractivity contribution in [1.82, 2.24) is 0 Å². The Labute approximate surface area is 266 Å². The molecule has 0 unspecified atom stereocenters. The highest BCUT2D eigenvalue weighted by molar-refractivity contribution is 7.90. The Morgan fingerprint density at radius 2 is 0.891 bits per heavy atom. The third kappa shape index (κ3) is 7.75. The van der Waals surface area contributed by atoms with Crippen molar-refractivity contribution in [2.75, 3.05) is 6.26 Å². The standard InChI is InChI=1S/C35H28O9S2/c1-45(38,39)32-20-31(44-23-25-14-18-29(19-15-25)35(37)27-10-6-3-7-11-27)33(46(40,41)42)21-30(32)43-22-24-12-16-28(17-13-24)34(36)26-8-4-2-5-9-26/h2-21H,22-23H2,1H3,(H,40,41,42). The van der Waals surface area contributed by atoms with Gasteiger partial charge in [0.05, 0.1) is 0 Å². The van der Waals surface area contributed by atoms with Crippen LogP contribution < -0.4 is 9.47 Å². The third-order valence-electron chi connectivity index (χ3n) is 6.98. The van der Waals surface area contributed by atoms with E-state index >= 15 is 0 Å².